The predicted molar refractivity (Wildman–Crippen MR) is 72.6 cm³/mol. The topological polar surface area (TPSA) is 87.9 Å². The number of nitrogens with one attached hydrogen (secondary N) is 1. The molecule has 7 heteroatoms. The van der Waals surface area contributed by atoms with Crippen molar-refractivity contribution in [3.05, 3.63) is 29.2 Å². The molecule has 1 amide bonds. The summed E-state index contributed by atoms with van der Waals surface area (Å²) in [5, 5.41) is 11.1. The Morgan fingerprint density at radius 3 is 3.00 bits per heavy atom. The minimum Gasteiger partial charge on any atom is -0.340 e. The van der Waals surface area contributed by atoms with E-state index < -0.39 is 0 Å². The third-order valence-electron chi connectivity index (χ3n) is 4.19. The van der Waals surface area contributed by atoms with Crippen LogP contribution in [0.1, 0.15) is 65.5 Å². The van der Waals surface area contributed by atoms with Crippen LogP contribution < -0.4 is 0 Å². The Morgan fingerprint density at radius 2 is 2.29 bits per heavy atom. The van der Waals surface area contributed by atoms with E-state index in [0.29, 0.717) is 29.9 Å². The number of aromatic amines is 1. The van der Waals surface area contributed by atoms with E-state index in [0.717, 1.165) is 18.5 Å². The second-order valence-electron chi connectivity index (χ2n) is 5.81. The molecule has 7 nitrogen and oxygen atoms in total. The highest BCUT2D eigenvalue weighted by Gasteiger charge is 2.35. The lowest BCUT2D eigenvalue weighted by atomic mass is 10.2. The van der Waals surface area contributed by atoms with E-state index in [-0.39, 0.29) is 11.9 Å². The molecule has 0 radical (unpaired) electrons. The third-order valence-corrected chi connectivity index (χ3v) is 4.19. The zero-order chi connectivity index (χ0) is 14.4. The molecule has 2 aromatic heterocycles. The highest BCUT2D eigenvalue weighted by atomic mass is 16.5. The van der Waals surface area contributed by atoms with Gasteiger partial charge in [-0.05, 0) is 31.7 Å². The molecule has 2 aromatic rings. The van der Waals surface area contributed by atoms with E-state index in [9.17, 15) is 4.79 Å². The fourth-order valence-corrected chi connectivity index (χ4v) is 2.93. The van der Waals surface area contributed by atoms with E-state index in [2.05, 4.69) is 20.3 Å². The van der Waals surface area contributed by atoms with Crippen LogP contribution in [0.4, 0.5) is 0 Å². The molecule has 0 unspecified atom stereocenters. The molecule has 0 aromatic carbocycles. The SMILES string of the molecule is Cc1nc([C@@H]2CCCN2C(=O)c2cc(C3CC3)[nH]n2)no1. The molecule has 0 bridgehead atoms. The number of carbonyl (C=O) groups is 1. The number of H-pyrrole nitrogens is 1. The molecule has 4 rings (SSSR count). The summed E-state index contributed by atoms with van der Waals surface area (Å²) in [5.74, 6) is 1.63. The number of likely N-dealkylation sites (tertiary alicyclic amines) is 1. The lowest BCUT2D eigenvalue weighted by Gasteiger charge is -2.20. The minimum atomic E-state index is -0.101. The summed E-state index contributed by atoms with van der Waals surface area (Å²) in [4.78, 5) is 18.7. The molecule has 1 aliphatic carbocycles. The van der Waals surface area contributed by atoms with Crippen molar-refractivity contribution in [2.75, 3.05) is 6.54 Å². The van der Waals surface area contributed by atoms with Gasteiger partial charge < -0.3 is 9.42 Å². The largest absolute Gasteiger partial charge is 0.340 e. The number of rotatable bonds is 3. The molecule has 2 fully saturated rings. The molecule has 3 heterocycles. The van der Waals surface area contributed by atoms with Crippen molar-refractivity contribution in [2.24, 2.45) is 0 Å². The third kappa shape index (κ3) is 2.22. The van der Waals surface area contributed by atoms with Gasteiger partial charge >= 0.3 is 0 Å². The van der Waals surface area contributed by atoms with Gasteiger partial charge in [0, 0.05) is 25.1 Å². The van der Waals surface area contributed by atoms with Gasteiger partial charge in [-0.1, -0.05) is 5.16 Å². The van der Waals surface area contributed by atoms with Gasteiger partial charge in [-0.15, -0.1) is 0 Å². The first-order valence-corrected chi connectivity index (χ1v) is 7.39. The summed E-state index contributed by atoms with van der Waals surface area (Å²) in [6.07, 6.45) is 4.18. The highest BCUT2D eigenvalue weighted by molar-refractivity contribution is 5.92. The average molecular weight is 287 g/mol. The zero-order valence-corrected chi connectivity index (χ0v) is 11.9. The molecule has 110 valence electrons. The first kappa shape index (κ1) is 12.6. The molecule has 2 aliphatic rings. The lowest BCUT2D eigenvalue weighted by Crippen LogP contribution is -2.31. The number of hydrogen-bond acceptors (Lipinski definition) is 5. The van der Waals surface area contributed by atoms with Gasteiger partial charge in [0.15, 0.2) is 5.82 Å². The molecule has 1 saturated heterocycles. The molecule has 1 atom stereocenters. The molecular weight excluding hydrogens is 270 g/mol. The van der Waals surface area contributed by atoms with Gasteiger partial charge in [0.2, 0.25) is 5.89 Å². The standard InChI is InChI=1S/C14H17N5O2/c1-8-15-13(18-21-8)12-3-2-6-19(12)14(20)11-7-10(16-17-11)9-4-5-9/h7,9,12H,2-6H2,1H3,(H,16,17)/t12-/m0/s1. The maximum atomic E-state index is 12.7. The first-order chi connectivity index (χ1) is 10.2. The van der Waals surface area contributed by atoms with E-state index >= 15 is 0 Å². The van der Waals surface area contributed by atoms with Crippen molar-refractivity contribution >= 4 is 5.91 Å². The summed E-state index contributed by atoms with van der Waals surface area (Å²) in [6, 6.07) is 1.78. The van der Waals surface area contributed by atoms with E-state index in [1.165, 1.54) is 12.8 Å². The van der Waals surface area contributed by atoms with E-state index in [4.69, 9.17) is 4.52 Å². The van der Waals surface area contributed by atoms with Crippen molar-refractivity contribution in [3.63, 3.8) is 0 Å². The van der Waals surface area contributed by atoms with Crippen LogP contribution in [0.25, 0.3) is 0 Å². The summed E-state index contributed by atoms with van der Waals surface area (Å²) in [6.45, 7) is 2.47. The van der Waals surface area contributed by atoms with Crippen LogP contribution >= 0.6 is 0 Å². The van der Waals surface area contributed by atoms with Crippen LogP contribution in [0.15, 0.2) is 10.6 Å². The van der Waals surface area contributed by atoms with Crippen molar-refractivity contribution in [1.29, 1.82) is 0 Å². The number of carbonyl (C=O) groups excluding carboxylic acids is 1. The molecular formula is C14H17N5O2. The number of hydrogen-bond donors (Lipinski definition) is 1. The Labute approximate surface area is 121 Å². The molecule has 21 heavy (non-hydrogen) atoms. The van der Waals surface area contributed by atoms with E-state index in [1.54, 1.807) is 11.8 Å². The monoisotopic (exact) mass is 287 g/mol. The van der Waals surface area contributed by atoms with Crippen LogP contribution in [0.2, 0.25) is 0 Å². The van der Waals surface area contributed by atoms with Crippen LogP contribution in [-0.2, 0) is 0 Å². The molecule has 1 saturated carbocycles. The summed E-state index contributed by atoms with van der Waals surface area (Å²) >= 11 is 0. The van der Waals surface area contributed by atoms with Crippen LogP contribution in [0, 0.1) is 6.92 Å². The maximum absolute atomic E-state index is 12.7. The van der Waals surface area contributed by atoms with Crippen molar-refractivity contribution in [1.82, 2.24) is 25.2 Å². The Balaban J connectivity index is 1.56. The van der Waals surface area contributed by atoms with Crippen LogP contribution in [0.5, 0.6) is 0 Å². The van der Waals surface area contributed by atoms with Crippen LogP contribution in [0.3, 0.4) is 0 Å². The van der Waals surface area contributed by atoms with Gasteiger partial charge in [0.05, 0.1) is 6.04 Å². The fraction of sp³-hybridized carbons (Fsp3) is 0.571. The lowest BCUT2D eigenvalue weighted by molar-refractivity contribution is 0.0722. The number of aryl methyl sites for hydroxylation is 1. The quantitative estimate of drug-likeness (QED) is 0.932. The highest BCUT2D eigenvalue weighted by Crippen LogP contribution is 2.39. The Hall–Kier alpha value is -2.18. The summed E-state index contributed by atoms with van der Waals surface area (Å²) in [5.41, 5.74) is 1.56. The summed E-state index contributed by atoms with van der Waals surface area (Å²) in [7, 11) is 0. The molecule has 0 spiro atoms. The smallest absolute Gasteiger partial charge is 0.274 e. The first-order valence-electron chi connectivity index (χ1n) is 7.39. The predicted octanol–water partition coefficient (Wildman–Crippen LogP) is 1.96. The zero-order valence-electron chi connectivity index (χ0n) is 11.9. The summed E-state index contributed by atoms with van der Waals surface area (Å²) < 4.78 is 5.03. The van der Waals surface area contributed by atoms with E-state index in [1.807, 2.05) is 6.07 Å². The Morgan fingerprint density at radius 1 is 1.43 bits per heavy atom. The van der Waals surface area contributed by atoms with Crippen molar-refractivity contribution in [3.8, 4) is 0 Å². The van der Waals surface area contributed by atoms with Gasteiger partial charge in [-0.25, -0.2) is 0 Å². The molecule has 1 N–H and O–H groups in total. The minimum absolute atomic E-state index is 0.0527. The Kier molecular flexibility index (Phi) is 2.80. The maximum Gasteiger partial charge on any atom is 0.274 e. The average Bonchev–Trinajstić information content (AvgIpc) is 2.94. The van der Waals surface area contributed by atoms with Crippen molar-refractivity contribution in [2.45, 2.75) is 44.6 Å². The number of aromatic nitrogens is 4. The second-order valence-corrected chi connectivity index (χ2v) is 5.81. The normalized spacial score (nSPS) is 22.0. The Bertz CT molecular complexity index is 672. The fourth-order valence-electron chi connectivity index (χ4n) is 2.93. The van der Waals surface area contributed by atoms with Gasteiger partial charge in [-0.3, -0.25) is 9.89 Å². The molecule has 1 aliphatic heterocycles. The van der Waals surface area contributed by atoms with Gasteiger partial charge in [0.25, 0.3) is 5.91 Å². The second kappa shape index (κ2) is 4.68. The van der Waals surface area contributed by atoms with Gasteiger partial charge in [0.1, 0.15) is 5.69 Å². The van der Waals surface area contributed by atoms with Gasteiger partial charge in [-0.2, -0.15) is 10.1 Å². The van der Waals surface area contributed by atoms with Crippen molar-refractivity contribution < 1.29 is 9.32 Å². The number of amides is 1. The van der Waals surface area contributed by atoms with Crippen LogP contribution in [-0.4, -0.2) is 37.7 Å². The number of nitrogens with zero attached hydrogens (tertiary/aromatic N) is 4.